The number of imide groups is 1. The average molecular weight is 523 g/mol. The summed E-state index contributed by atoms with van der Waals surface area (Å²) in [6, 6.07) is 9.02. The molecule has 12 heteroatoms. The summed E-state index contributed by atoms with van der Waals surface area (Å²) in [7, 11) is 3.14. The van der Waals surface area contributed by atoms with Crippen LogP contribution in [0.3, 0.4) is 0 Å². The summed E-state index contributed by atoms with van der Waals surface area (Å²) in [6.45, 7) is 1.74. The number of halogens is 1. The highest BCUT2D eigenvalue weighted by Gasteiger charge is 2.51. The number of aromatic nitrogens is 1. The van der Waals surface area contributed by atoms with Crippen LogP contribution in [-0.4, -0.2) is 64.2 Å². The first kappa shape index (κ1) is 22.8. The van der Waals surface area contributed by atoms with E-state index in [2.05, 4.69) is 37.0 Å². The second kappa shape index (κ2) is 9.22. The van der Waals surface area contributed by atoms with Gasteiger partial charge in [0.05, 0.1) is 29.4 Å². The van der Waals surface area contributed by atoms with Gasteiger partial charge in [0.1, 0.15) is 5.76 Å². The molecule has 4 rings (SSSR count). The molecule has 2 fully saturated rings. The summed E-state index contributed by atoms with van der Waals surface area (Å²) in [5.74, 6) is -0.0955. The molecule has 4 atom stereocenters. The van der Waals surface area contributed by atoms with E-state index in [1.165, 1.54) is 23.7 Å². The smallest absolute Gasteiger partial charge is 0.327 e. The predicted octanol–water partition coefficient (Wildman–Crippen LogP) is 2.10. The zero-order chi connectivity index (χ0) is 23.0. The summed E-state index contributed by atoms with van der Waals surface area (Å²) in [6.07, 6.45) is -0.825. The highest BCUT2D eigenvalue weighted by Crippen LogP contribution is 2.34. The topological polar surface area (TPSA) is 120 Å². The summed E-state index contributed by atoms with van der Waals surface area (Å²) in [5, 5.41) is 12.9. The number of rotatable bonds is 5. The van der Waals surface area contributed by atoms with Gasteiger partial charge < -0.3 is 14.7 Å². The molecule has 2 aliphatic rings. The quantitative estimate of drug-likeness (QED) is 0.545. The third-order valence-electron chi connectivity index (χ3n) is 5.45. The van der Waals surface area contributed by atoms with Crippen LogP contribution in [0.25, 0.3) is 0 Å². The third-order valence-corrected chi connectivity index (χ3v) is 7.20. The second-order valence-electron chi connectivity index (χ2n) is 7.68. The first-order valence-electron chi connectivity index (χ1n) is 9.91. The van der Waals surface area contributed by atoms with Crippen LogP contribution in [0.15, 0.2) is 39.3 Å². The number of nitrogens with one attached hydrogen (secondary N) is 3. The number of benzene rings is 1. The van der Waals surface area contributed by atoms with Crippen molar-refractivity contribution in [2.45, 2.75) is 24.6 Å². The molecule has 2 aromatic rings. The molecule has 0 radical (unpaired) electrons. The number of amides is 4. The van der Waals surface area contributed by atoms with Crippen LogP contribution >= 0.6 is 27.7 Å². The van der Waals surface area contributed by atoms with E-state index in [4.69, 9.17) is 4.52 Å². The SMILES string of the molecule is Cc1cc(NC(=O)CSC2NC(c3ccc(Br)cc3)NC3C2C(=O)N(C)C(=O)N3C)no1. The van der Waals surface area contributed by atoms with Gasteiger partial charge in [0.25, 0.3) is 0 Å². The van der Waals surface area contributed by atoms with E-state index in [0.717, 1.165) is 14.9 Å². The molecule has 4 amide bonds. The number of urea groups is 1. The predicted molar refractivity (Wildman–Crippen MR) is 122 cm³/mol. The van der Waals surface area contributed by atoms with Crippen LogP contribution in [-0.2, 0) is 9.59 Å². The summed E-state index contributed by atoms with van der Waals surface area (Å²) in [4.78, 5) is 40.6. The van der Waals surface area contributed by atoms with Gasteiger partial charge in [-0.15, -0.1) is 11.8 Å². The number of hydrogen-bond acceptors (Lipinski definition) is 8. The molecule has 3 heterocycles. The molecule has 0 aliphatic carbocycles. The summed E-state index contributed by atoms with van der Waals surface area (Å²) in [5.41, 5.74) is 0.951. The number of anilines is 1. The maximum Gasteiger partial charge on any atom is 0.327 e. The van der Waals surface area contributed by atoms with Crippen LogP contribution in [0.2, 0.25) is 0 Å². The third kappa shape index (κ3) is 4.53. The van der Waals surface area contributed by atoms with Gasteiger partial charge in [-0.1, -0.05) is 33.2 Å². The van der Waals surface area contributed by atoms with Gasteiger partial charge in [0.15, 0.2) is 5.82 Å². The Bertz CT molecular complexity index is 1030. The zero-order valence-electron chi connectivity index (χ0n) is 17.7. The monoisotopic (exact) mass is 522 g/mol. The van der Waals surface area contributed by atoms with Gasteiger partial charge in [-0.25, -0.2) is 4.79 Å². The molecule has 2 aliphatic heterocycles. The lowest BCUT2D eigenvalue weighted by Gasteiger charge is -2.50. The van der Waals surface area contributed by atoms with Crippen molar-refractivity contribution in [3.63, 3.8) is 0 Å². The van der Waals surface area contributed by atoms with E-state index in [9.17, 15) is 14.4 Å². The standard InChI is InChI=1S/C20H23BrN6O4S/c1-10-8-13(25-31-10)22-14(28)9-32-18-15-17(26(2)20(30)27(3)19(15)29)23-16(24-18)11-4-6-12(21)7-5-11/h4-8,15-18,23-24H,9H2,1-3H3,(H,22,25,28). The Morgan fingerprint density at radius 2 is 1.97 bits per heavy atom. The average Bonchev–Trinajstić information content (AvgIpc) is 3.19. The van der Waals surface area contributed by atoms with Crippen LogP contribution in [0.5, 0.6) is 0 Å². The van der Waals surface area contributed by atoms with Crippen molar-refractivity contribution < 1.29 is 18.9 Å². The van der Waals surface area contributed by atoms with E-state index < -0.39 is 17.5 Å². The fraction of sp³-hybridized carbons (Fsp3) is 0.400. The molecule has 4 unspecified atom stereocenters. The Balaban J connectivity index is 1.53. The summed E-state index contributed by atoms with van der Waals surface area (Å²) < 4.78 is 5.91. The Hall–Kier alpha value is -2.41. The molecule has 2 saturated heterocycles. The van der Waals surface area contributed by atoms with Crippen molar-refractivity contribution in [2.24, 2.45) is 5.92 Å². The van der Waals surface area contributed by atoms with Crippen LogP contribution in [0.1, 0.15) is 17.5 Å². The van der Waals surface area contributed by atoms with E-state index in [1.54, 1.807) is 20.0 Å². The minimum absolute atomic E-state index is 0.0918. The van der Waals surface area contributed by atoms with Gasteiger partial charge in [-0.05, 0) is 24.6 Å². The molecular formula is C20H23BrN6O4S. The molecule has 10 nitrogen and oxygen atoms in total. The normalized spacial score (nSPS) is 25.6. The van der Waals surface area contributed by atoms with Crippen LogP contribution in [0, 0.1) is 12.8 Å². The van der Waals surface area contributed by atoms with E-state index in [0.29, 0.717) is 11.6 Å². The van der Waals surface area contributed by atoms with Crippen molar-refractivity contribution in [3.05, 3.63) is 46.1 Å². The van der Waals surface area contributed by atoms with Gasteiger partial charge in [0.2, 0.25) is 11.8 Å². The van der Waals surface area contributed by atoms with Crippen LogP contribution < -0.4 is 16.0 Å². The first-order valence-corrected chi connectivity index (χ1v) is 11.8. The molecule has 3 N–H and O–H groups in total. The lowest BCUT2D eigenvalue weighted by molar-refractivity contribution is -0.140. The number of nitrogens with zero attached hydrogens (tertiary/aromatic N) is 3. The van der Waals surface area contributed by atoms with Gasteiger partial charge in [-0.3, -0.25) is 25.1 Å². The fourth-order valence-corrected chi connectivity index (χ4v) is 5.19. The van der Waals surface area contributed by atoms with Crippen molar-refractivity contribution in [3.8, 4) is 0 Å². The zero-order valence-corrected chi connectivity index (χ0v) is 20.1. The minimum atomic E-state index is -0.568. The van der Waals surface area contributed by atoms with E-state index >= 15 is 0 Å². The number of thioether (sulfide) groups is 1. The van der Waals surface area contributed by atoms with Crippen molar-refractivity contribution in [1.29, 1.82) is 0 Å². The summed E-state index contributed by atoms with van der Waals surface area (Å²) >= 11 is 4.75. The Kier molecular flexibility index (Phi) is 6.56. The Morgan fingerprint density at radius 3 is 2.62 bits per heavy atom. The molecule has 1 aromatic heterocycles. The molecule has 1 aromatic carbocycles. The Labute approximate surface area is 197 Å². The fourth-order valence-electron chi connectivity index (χ4n) is 3.82. The lowest BCUT2D eigenvalue weighted by Crippen LogP contribution is -2.72. The maximum absolute atomic E-state index is 13.0. The number of carbonyl (C=O) groups excluding carboxylic acids is 3. The molecule has 170 valence electrons. The largest absolute Gasteiger partial charge is 0.360 e. The lowest BCUT2D eigenvalue weighted by atomic mass is 9.96. The van der Waals surface area contributed by atoms with E-state index in [1.807, 2.05) is 24.3 Å². The molecule has 0 saturated carbocycles. The number of carbonyl (C=O) groups is 3. The molecular weight excluding hydrogens is 500 g/mol. The van der Waals surface area contributed by atoms with Crippen LogP contribution in [0.4, 0.5) is 10.6 Å². The number of fused-ring (bicyclic) bond motifs is 1. The number of aryl methyl sites for hydroxylation is 1. The van der Waals surface area contributed by atoms with Gasteiger partial charge >= 0.3 is 6.03 Å². The highest BCUT2D eigenvalue weighted by molar-refractivity contribution is 9.10. The molecule has 0 bridgehead atoms. The van der Waals surface area contributed by atoms with Crippen molar-refractivity contribution in [2.75, 3.05) is 25.2 Å². The Morgan fingerprint density at radius 1 is 1.25 bits per heavy atom. The van der Waals surface area contributed by atoms with Crippen molar-refractivity contribution >= 4 is 51.4 Å². The molecule has 32 heavy (non-hydrogen) atoms. The van der Waals surface area contributed by atoms with Gasteiger partial charge in [-0.2, -0.15) is 0 Å². The first-order chi connectivity index (χ1) is 15.2. The van der Waals surface area contributed by atoms with Crippen molar-refractivity contribution in [1.82, 2.24) is 25.6 Å². The molecule has 0 spiro atoms. The second-order valence-corrected chi connectivity index (χ2v) is 9.73. The highest BCUT2D eigenvalue weighted by atomic mass is 79.9. The number of hydrogen-bond donors (Lipinski definition) is 3. The minimum Gasteiger partial charge on any atom is -0.360 e. The maximum atomic E-state index is 13.0. The van der Waals surface area contributed by atoms with Gasteiger partial charge in [0, 0.05) is 24.6 Å². The van der Waals surface area contributed by atoms with E-state index in [-0.39, 0.29) is 29.8 Å².